The van der Waals surface area contributed by atoms with E-state index in [9.17, 15) is 37.5 Å². The van der Waals surface area contributed by atoms with Crippen molar-refractivity contribution in [2.45, 2.75) is 101 Å². The molecule has 3 N–H and O–H groups in total. The SMILES string of the molecule is CC(C)(C)OC(=O)N[C@@H]1CCCCC/C=C\[C@@H]2C[C@]2(C(=O)O)NC(=O)[C@@H]2C[C@H](n3nc4cc(C(F)(F)F)cc(/C=C/c5ccccc5)c4n3)CN2C1=O. The van der Waals surface area contributed by atoms with Crippen LogP contribution in [0.3, 0.4) is 0 Å². The van der Waals surface area contributed by atoms with E-state index in [1.54, 1.807) is 57.2 Å². The molecule has 1 aromatic heterocycles. The number of fused-ring (bicyclic) bond motifs is 3. The van der Waals surface area contributed by atoms with Gasteiger partial charge in [-0.05, 0) is 64.2 Å². The topological polar surface area (TPSA) is 156 Å². The predicted molar refractivity (Wildman–Crippen MR) is 189 cm³/mol. The number of amides is 3. The number of carbonyl (C=O) groups is 4. The smallest absolute Gasteiger partial charge is 0.416 e. The maximum Gasteiger partial charge on any atom is 0.416 e. The Labute approximate surface area is 304 Å². The number of carboxylic acids is 1. The first-order chi connectivity index (χ1) is 25.0. The number of alkyl halides is 3. The summed E-state index contributed by atoms with van der Waals surface area (Å²) in [6, 6.07) is 7.89. The molecule has 5 atom stereocenters. The van der Waals surface area contributed by atoms with Crippen molar-refractivity contribution in [1.29, 1.82) is 0 Å². The number of hydrogen-bond donors (Lipinski definition) is 3. The van der Waals surface area contributed by atoms with Gasteiger partial charge in [0.15, 0.2) is 0 Å². The van der Waals surface area contributed by atoms with Crippen molar-refractivity contribution < 1.29 is 42.2 Å². The van der Waals surface area contributed by atoms with Gasteiger partial charge in [-0.2, -0.15) is 28.2 Å². The first kappa shape index (κ1) is 37.5. The Morgan fingerprint density at radius 1 is 1.06 bits per heavy atom. The molecule has 0 spiro atoms. The summed E-state index contributed by atoms with van der Waals surface area (Å²) in [7, 11) is 0. The number of ether oxygens (including phenoxy) is 1. The van der Waals surface area contributed by atoms with Crippen molar-refractivity contribution in [1.82, 2.24) is 30.5 Å². The lowest BCUT2D eigenvalue weighted by Gasteiger charge is -2.30. The number of aliphatic carboxylic acids is 1. The van der Waals surface area contributed by atoms with Crippen LogP contribution < -0.4 is 10.6 Å². The molecule has 0 radical (unpaired) electrons. The fourth-order valence-corrected chi connectivity index (χ4v) is 6.96. The monoisotopic (exact) mass is 736 g/mol. The van der Waals surface area contributed by atoms with E-state index in [1.807, 2.05) is 12.1 Å². The third kappa shape index (κ3) is 8.55. The Morgan fingerprint density at radius 3 is 2.51 bits per heavy atom. The number of alkyl carbamates (subject to hydrolysis) is 1. The fourth-order valence-electron chi connectivity index (χ4n) is 6.96. The largest absolute Gasteiger partial charge is 0.479 e. The Morgan fingerprint density at radius 2 is 1.81 bits per heavy atom. The molecule has 1 saturated heterocycles. The highest BCUT2D eigenvalue weighted by Gasteiger charge is 2.61. The van der Waals surface area contributed by atoms with Crippen LogP contribution in [0, 0.1) is 5.92 Å². The van der Waals surface area contributed by atoms with Crippen molar-refractivity contribution >= 4 is 47.1 Å². The van der Waals surface area contributed by atoms with Crippen LogP contribution in [0.2, 0.25) is 0 Å². The summed E-state index contributed by atoms with van der Waals surface area (Å²) in [5, 5.41) is 24.5. The zero-order chi connectivity index (χ0) is 38.1. The van der Waals surface area contributed by atoms with Gasteiger partial charge in [-0.15, -0.1) is 0 Å². The van der Waals surface area contributed by atoms with Crippen molar-refractivity contribution in [2.24, 2.45) is 5.92 Å². The lowest BCUT2D eigenvalue weighted by Crippen LogP contribution is -2.56. The average molecular weight is 737 g/mol. The summed E-state index contributed by atoms with van der Waals surface area (Å²) in [6.45, 7) is 4.94. The summed E-state index contributed by atoms with van der Waals surface area (Å²) in [5.41, 5.74) is -2.21. The van der Waals surface area contributed by atoms with Crippen LogP contribution in [-0.4, -0.2) is 78.6 Å². The number of nitrogens with one attached hydrogen (secondary N) is 2. The maximum absolute atomic E-state index is 14.4. The number of hydrogen-bond acceptors (Lipinski definition) is 7. The molecule has 3 aromatic rings. The molecule has 0 bridgehead atoms. The van der Waals surface area contributed by atoms with Gasteiger partial charge in [0.05, 0.1) is 11.6 Å². The number of nitrogens with zero attached hydrogens (tertiary/aromatic N) is 4. The van der Waals surface area contributed by atoms with E-state index in [0.29, 0.717) is 12.8 Å². The molecule has 6 rings (SSSR count). The van der Waals surface area contributed by atoms with E-state index in [2.05, 4.69) is 20.8 Å². The molecule has 3 aliphatic rings. The van der Waals surface area contributed by atoms with Crippen LogP contribution in [0.15, 0.2) is 54.6 Å². The lowest BCUT2D eigenvalue weighted by atomic mass is 10.0. The Kier molecular flexibility index (Phi) is 10.4. The molecule has 2 fully saturated rings. The van der Waals surface area contributed by atoms with Gasteiger partial charge >= 0.3 is 18.2 Å². The molecule has 2 aromatic carbocycles. The van der Waals surface area contributed by atoms with Crippen LogP contribution in [0.5, 0.6) is 0 Å². The second-order valence-electron chi connectivity index (χ2n) is 14.9. The average Bonchev–Trinajstić information content (AvgIpc) is 3.38. The van der Waals surface area contributed by atoms with Crippen molar-refractivity contribution in [2.75, 3.05) is 6.54 Å². The zero-order valence-electron chi connectivity index (χ0n) is 29.7. The van der Waals surface area contributed by atoms with Gasteiger partial charge in [-0.25, -0.2) is 9.59 Å². The van der Waals surface area contributed by atoms with E-state index < -0.39 is 70.8 Å². The normalized spacial score (nSPS) is 26.3. The van der Waals surface area contributed by atoms with E-state index in [4.69, 9.17) is 4.74 Å². The molecule has 1 aliphatic carbocycles. The van der Waals surface area contributed by atoms with Gasteiger partial charge in [0.2, 0.25) is 11.8 Å². The molecule has 15 heteroatoms. The Bertz CT molecular complexity index is 1940. The van der Waals surface area contributed by atoms with E-state index in [0.717, 1.165) is 30.5 Å². The number of allylic oxidation sites excluding steroid dienone is 1. The third-order valence-corrected chi connectivity index (χ3v) is 9.77. The quantitative estimate of drug-likeness (QED) is 0.209. The molecular weight excluding hydrogens is 693 g/mol. The van der Waals surface area contributed by atoms with Gasteiger partial charge in [-0.1, -0.05) is 67.5 Å². The van der Waals surface area contributed by atoms with Gasteiger partial charge < -0.3 is 25.4 Å². The second kappa shape index (κ2) is 14.7. The third-order valence-electron chi connectivity index (χ3n) is 9.77. The predicted octanol–water partition coefficient (Wildman–Crippen LogP) is 6.14. The van der Waals surface area contributed by atoms with Crippen LogP contribution in [-0.2, 0) is 25.3 Å². The minimum absolute atomic E-state index is 0.0327. The van der Waals surface area contributed by atoms with Crippen LogP contribution in [0.4, 0.5) is 18.0 Å². The molecule has 3 heterocycles. The molecule has 0 unspecified atom stereocenters. The molecule has 12 nitrogen and oxygen atoms in total. The van der Waals surface area contributed by atoms with Crippen molar-refractivity contribution in [3.05, 3.63) is 71.3 Å². The maximum atomic E-state index is 14.4. The molecular formula is C38H43F3N6O6. The molecule has 1 saturated carbocycles. The fraction of sp³-hybridized carbons (Fsp3) is 0.474. The highest BCUT2D eigenvalue weighted by molar-refractivity contribution is 5.96. The van der Waals surface area contributed by atoms with Crippen molar-refractivity contribution in [3.8, 4) is 0 Å². The van der Waals surface area contributed by atoms with E-state index in [1.165, 1.54) is 15.8 Å². The summed E-state index contributed by atoms with van der Waals surface area (Å²) in [4.78, 5) is 56.3. The van der Waals surface area contributed by atoms with Crippen LogP contribution in [0.25, 0.3) is 23.2 Å². The first-order valence-corrected chi connectivity index (χ1v) is 17.8. The highest BCUT2D eigenvalue weighted by Crippen LogP contribution is 2.45. The molecule has 3 amide bonds. The first-order valence-electron chi connectivity index (χ1n) is 17.8. The zero-order valence-corrected chi connectivity index (χ0v) is 29.7. The minimum Gasteiger partial charge on any atom is -0.479 e. The summed E-state index contributed by atoms with van der Waals surface area (Å²) >= 11 is 0. The number of halogens is 3. The van der Waals surface area contributed by atoms with Crippen LogP contribution >= 0.6 is 0 Å². The second-order valence-corrected chi connectivity index (χ2v) is 14.9. The molecule has 53 heavy (non-hydrogen) atoms. The number of aromatic nitrogens is 3. The van der Waals surface area contributed by atoms with Gasteiger partial charge in [0, 0.05) is 24.4 Å². The molecule has 282 valence electrons. The Balaban J connectivity index is 1.37. The summed E-state index contributed by atoms with van der Waals surface area (Å²) < 4.78 is 47.5. The van der Waals surface area contributed by atoms with Gasteiger partial charge in [0.25, 0.3) is 0 Å². The number of benzene rings is 2. The van der Waals surface area contributed by atoms with Crippen LogP contribution in [0.1, 0.15) is 88.4 Å². The number of rotatable bonds is 5. The van der Waals surface area contributed by atoms with Gasteiger partial charge in [-0.3, -0.25) is 9.59 Å². The standard InChI is InChI=1S/C38H43F3N6O6/c1-36(2,3)53-35(52)42-28-15-11-6-4-5-10-14-25-21-37(25,34(50)51)43-32(48)30-20-27(22-46(30)33(28)49)47-44-29-19-26(38(39,40)41)18-24(31(29)45-47)17-16-23-12-8-7-9-13-23/h7-10,12-14,16-19,25,27-28,30H,4-6,11,15,20-22H2,1-3H3,(H,42,52)(H,43,48)(H,50,51)/b14-10-,17-16+/t25-,27+,28-,30+,37+/m1/s1. The Hall–Kier alpha value is -5.21. The highest BCUT2D eigenvalue weighted by atomic mass is 19.4. The van der Waals surface area contributed by atoms with E-state index in [-0.39, 0.29) is 42.4 Å². The van der Waals surface area contributed by atoms with Crippen molar-refractivity contribution in [3.63, 3.8) is 0 Å². The number of carbonyl (C=O) groups excluding carboxylic acids is 3. The summed E-state index contributed by atoms with van der Waals surface area (Å²) in [5.74, 6) is -2.91. The lowest BCUT2D eigenvalue weighted by molar-refractivity contribution is -0.145. The molecule has 2 aliphatic heterocycles. The summed E-state index contributed by atoms with van der Waals surface area (Å²) in [6.07, 6.45) is 4.57. The van der Waals surface area contributed by atoms with E-state index >= 15 is 0 Å². The number of carboxylic acid groups (broad SMARTS) is 1. The minimum atomic E-state index is -4.67. The van der Waals surface area contributed by atoms with Gasteiger partial charge in [0.1, 0.15) is 34.3 Å².